The standard InChI is InChI=1S/C13H16BrNO4S2/c14-11-7-10(13(16)17)1-2-12(11)21(18,19)15-8-9-3-5-20-6-4-9/h1-2,7,9,15H,3-6,8H2,(H,16,17). The van der Waals surface area contributed by atoms with E-state index in [-0.39, 0.29) is 14.9 Å². The largest absolute Gasteiger partial charge is 0.478 e. The number of nitrogens with one attached hydrogen (secondary N) is 1. The van der Waals surface area contributed by atoms with Gasteiger partial charge in [-0.25, -0.2) is 17.9 Å². The summed E-state index contributed by atoms with van der Waals surface area (Å²) in [6.07, 6.45) is 2.04. The Morgan fingerprint density at radius 2 is 2.05 bits per heavy atom. The average Bonchev–Trinajstić information content (AvgIpc) is 2.46. The van der Waals surface area contributed by atoms with E-state index in [4.69, 9.17) is 5.11 Å². The summed E-state index contributed by atoms with van der Waals surface area (Å²) >= 11 is 5.03. The van der Waals surface area contributed by atoms with Crippen molar-refractivity contribution in [3.05, 3.63) is 28.2 Å². The van der Waals surface area contributed by atoms with Gasteiger partial charge in [-0.05, 0) is 64.4 Å². The number of aromatic carboxylic acids is 1. The summed E-state index contributed by atoms with van der Waals surface area (Å²) in [6, 6.07) is 3.90. The second kappa shape index (κ2) is 7.13. The molecule has 0 unspecified atom stereocenters. The molecule has 0 atom stereocenters. The normalized spacial score (nSPS) is 16.8. The second-order valence-corrected chi connectivity index (χ2v) is 8.67. The predicted octanol–water partition coefficient (Wildman–Crippen LogP) is 2.57. The number of hydrogen-bond acceptors (Lipinski definition) is 4. The van der Waals surface area contributed by atoms with Crippen molar-refractivity contribution in [1.82, 2.24) is 4.72 Å². The molecule has 8 heteroatoms. The zero-order chi connectivity index (χ0) is 15.5. The molecule has 1 aliphatic rings. The van der Waals surface area contributed by atoms with E-state index in [0.717, 1.165) is 24.3 Å². The lowest BCUT2D eigenvalue weighted by Gasteiger charge is -2.21. The van der Waals surface area contributed by atoms with E-state index in [1.54, 1.807) is 0 Å². The Hall–Kier alpha value is -0.570. The number of carboxylic acid groups (broad SMARTS) is 1. The van der Waals surface area contributed by atoms with Crippen LogP contribution in [0.5, 0.6) is 0 Å². The highest BCUT2D eigenvalue weighted by atomic mass is 79.9. The van der Waals surface area contributed by atoms with Gasteiger partial charge in [0.25, 0.3) is 0 Å². The van der Waals surface area contributed by atoms with Crippen LogP contribution in [0, 0.1) is 5.92 Å². The van der Waals surface area contributed by atoms with Gasteiger partial charge < -0.3 is 5.11 Å². The Morgan fingerprint density at radius 1 is 1.38 bits per heavy atom. The van der Waals surface area contributed by atoms with Crippen molar-refractivity contribution in [2.45, 2.75) is 17.7 Å². The number of rotatable bonds is 5. The topological polar surface area (TPSA) is 83.5 Å². The van der Waals surface area contributed by atoms with E-state index in [1.807, 2.05) is 11.8 Å². The first-order valence-electron chi connectivity index (χ1n) is 6.50. The Balaban J connectivity index is 2.10. The SMILES string of the molecule is O=C(O)c1ccc(S(=O)(=O)NCC2CCSCC2)c(Br)c1. The van der Waals surface area contributed by atoms with E-state index < -0.39 is 16.0 Å². The van der Waals surface area contributed by atoms with Crippen LogP contribution >= 0.6 is 27.7 Å². The zero-order valence-electron chi connectivity index (χ0n) is 11.2. The molecule has 2 N–H and O–H groups in total. The quantitative estimate of drug-likeness (QED) is 0.802. The number of carbonyl (C=O) groups is 1. The van der Waals surface area contributed by atoms with E-state index >= 15 is 0 Å². The van der Waals surface area contributed by atoms with Gasteiger partial charge in [0, 0.05) is 11.0 Å². The Bertz CT molecular complexity index is 627. The lowest BCUT2D eigenvalue weighted by molar-refractivity contribution is 0.0696. The van der Waals surface area contributed by atoms with Crippen LogP contribution in [0.15, 0.2) is 27.6 Å². The highest BCUT2D eigenvalue weighted by Crippen LogP contribution is 2.25. The number of benzene rings is 1. The molecule has 1 saturated heterocycles. The summed E-state index contributed by atoms with van der Waals surface area (Å²) in [5.41, 5.74) is 0.0464. The molecule has 0 saturated carbocycles. The van der Waals surface area contributed by atoms with E-state index in [2.05, 4.69) is 20.7 Å². The zero-order valence-corrected chi connectivity index (χ0v) is 14.4. The van der Waals surface area contributed by atoms with Crippen molar-refractivity contribution in [1.29, 1.82) is 0 Å². The van der Waals surface area contributed by atoms with Gasteiger partial charge in [0.1, 0.15) is 0 Å². The Labute approximate surface area is 136 Å². The molecule has 0 spiro atoms. The molecule has 116 valence electrons. The molecule has 0 bridgehead atoms. The minimum absolute atomic E-state index is 0.0464. The molecule has 0 amide bonds. The molecule has 1 aliphatic heterocycles. The van der Waals surface area contributed by atoms with E-state index in [1.165, 1.54) is 18.2 Å². The van der Waals surface area contributed by atoms with Gasteiger partial charge in [-0.1, -0.05) is 0 Å². The molecule has 0 aliphatic carbocycles. The number of sulfonamides is 1. The molecule has 21 heavy (non-hydrogen) atoms. The summed E-state index contributed by atoms with van der Waals surface area (Å²) in [5, 5.41) is 8.89. The molecule has 1 aromatic rings. The number of carboxylic acids is 1. The molecule has 1 heterocycles. The lowest BCUT2D eigenvalue weighted by Crippen LogP contribution is -2.31. The lowest BCUT2D eigenvalue weighted by atomic mass is 10.0. The monoisotopic (exact) mass is 393 g/mol. The van der Waals surface area contributed by atoms with Crippen molar-refractivity contribution in [2.75, 3.05) is 18.1 Å². The van der Waals surface area contributed by atoms with Crippen molar-refractivity contribution >= 4 is 43.7 Å². The Kier molecular flexibility index (Phi) is 5.70. The van der Waals surface area contributed by atoms with Crippen LogP contribution < -0.4 is 4.72 Å². The highest BCUT2D eigenvalue weighted by Gasteiger charge is 2.21. The maximum atomic E-state index is 12.3. The molecule has 0 radical (unpaired) electrons. The van der Waals surface area contributed by atoms with Gasteiger partial charge in [-0.15, -0.1) is 0 Å². The van der Waals surface area contributed by atoms with Gasteiger partial charge in [-0.2, -0.15) is 11.8 Å². The van der Waals surface area contributed by atoms with Crippen molar-refractivity contribution in [2.24, 2.45) is 5.92 Å². The van der Waals surface area contributed by atoms with E-state index in [9.17, 15) is 13.2 Å². The minimum Gasteiger partial charge on any atom is -0.478 e. The molecular weight excluding hydrogens is 378 g/mol. The van der Waals surface area contributed by atoms with Gasteiger partial charge in [0.2, 0.25) is 10.0 Å². The summed E-state index contributed by atoms with van der Waals surface area (Å²) in [6.45, 7) is 0.427. The maximum Gasteiger partial charge on any atom is 0.335 e. The van der Waals surface area contributed by atoms with Crippen LogP contribution in [0.3, 0.4) is 0 Å². The molecule has 1 aromatic carbocycles. The number of halogens is 1. The first-order valence-corrected chi connectivity index (χ1v) is 9.93. The molecular formula is C13H16BrNO4S2. The number of hydrogen-bond donors (Lipinski definition) is 2. The maximum absolute atomic E-state index is 12.3. The van der Waals surface area contributed by atoms with Crippen LogP contribution in [0.4, 0.5) is 0 Å². The molecule has 2 rings (SSSR count). The third-order valence-corrected chi connectivity index (χ3v) is 6.82. The van der Waals surface area contributed by atoms with Gasteiger partial charge >= 0.3 is 5.97 Å². The fraction of sp³-hybridized carbons (Fsp3) is 0.462. The predicted molar refractivity (Wildman–Crippen MR) is 86.3 cm³/mol. The van der Waals surface area contributed by atoms with Gasteiger partial charge in [0.05, 0.1) is 10.5 Å². The van der Waals surface area contributed by atoms with Crippen molar-refractivity contribution in [3.63, 3.8) is 0 Å². The van der Waals surface area contributed by atoms with Crippen molar-refractivity contribution < 1.29 is 18.3 Å². The molecule has 5 nitrogen and oxygen atoms in total. The highest BCUT2D eigenvalue weighted by molar-refractivity contribution is 9.10. The summed E-state index contributed by atoms with van der Waals surface area (Å²) in [7, 11) is -3.63. The second-order valence-electron chi connectivity index (χ2n) is 4.86. The first-order chi connectivity index (χ1) is 9.90. The summed E-state index contributed by atoms with van der Waals surface area (Å²) in [4.78, 5) is 10.9. The first kappa shape index (κ1) is 16.8. The fourth-order valence-electron chi connectivity index (χ4n) is 2.11. The molecule has 1 fully saturated rings. The van der Waals surface area contributed by atoms with Gasteiger partial charge in [0.15, 0.2) is 0 Å². The van der Waals surface area contributed by atoms with Crippen LogP contribution in [0.1, 0.15) is 23.2 Å². The third kappa shape index (κ3) is 4.45. The fourth-order valence-corrected chi connectivity index (χ4v) is 5.50. The Morgan fingerprint density at radius 3 is 2.62 bits per heavy atom. The third-order valence-electron chi connectivity index (χ3n) is 3.37. The van der Waals surface area contributed by atoms with Crippen LogP contribution in [-0.2, 0) is 10.0 Å². The van der Waals surface area contributed by atoms with Crippen molar-refractivity contribution in [3.8, 4) is 0 Å². The van der Waals surface area contributed by atoms with E-state index in [0.29, 0.717) is 12.5 Å². The summed E-state index contributed by atoms with van der Waals surface area (Å²) < 4.78 is 27.4. The van der Waals surface area contributed by atoms with Crippen LogP contribution in [0.25, 0.3) is 0 Å². The summed E-state index contributed by atoms with van der Waals surface area (Å²) in [5.74, 6) is 1.43. The van der Waals surface area contributed by atoms with Crippen LogP contribution in [-0.4, -0.2) is 37.5 Å². The smallest absolute Gasteiger partial charge is 0.335 e. The number of thioether (sulfide) groups is 1. The average molecular weight is 394 g/mol. The van der Waals surface area contributed by atoms with Gasteiger partial charge in [-0.3, -0.25) is 0 Å². The minimum atomic E-state index is -3.63. The molecule has 0 aromatic heterocycles. The van der Waals surface area contributed by atoms with Crippen LogP contribution in [0.2, 0.25) is 0 Å².